The van der Waals surface area contributed by atoms with E-state index in [1.807, 2.05) is 0 Å². The Kier molecular flexibility index (Phi) is 4.47. The molecule has 0 fully saturated rings. The van der Waals surface area contributed by atoms with Crippen LogP contribution in [0.5, 0.6) is 5.75 Å². The fraction of sp³-hybridized carbons (Fsp3) is 0.133. The molecule has 0 aliphatic carbocycles. The molecule has 1 unspecified atom stereocenters. The number of rotatable bonds is 4. The van der Waals surface area contributed by atoms with E-state index in [2.05, 4.69) is 5.32 Å². The highest BCUT2D eigenvalue weighted by atomic mass is 19.2. The van der Waals surface area contributed by atoms with Crippen LogP contribution in [0.2, 0.25) is 0 Å². The summed E-state index contributed by atoms with van der Waals surface area (Å²) in [6.45, 7) is 1.46. The molecule has 2 rings (SSSR count). The fourth-order valence-electron chi connectivity index (χ4n) is 1.58. The molecule has 0 aromatic heterocycles. The summed E-state index contributed by atoms with van der Waals surface area (Å²) >= 11 is 0. The lowest BCUT2D eigenvalue weighted by atomic mass is 10.3. The molecule has 21 heavy (non-hydrogen) atoms. The van der Waals surface area contributed by atoms with Gasteiger partial charge < -0.3 is 10.1 Å². The van der Waals surface area contributed by atoms with Crippen LogP contribution >= 0.6 is 0 Å². The minimum absolute atomic E-state index is 0.0376. The Morgan fingerprint density at radius 3 is 2.33 bits per heavy atom. The van der Waals surface area contributed by atoms with E-state index >= 15 is 0 Å². The maximum absolute atomic E-state index is 13.0. The van der Waals surface area contributed by atoms with Crippen molar-refractivity contribution >= 4 is 11.6 Å². The van der Waals surface area contributed by atoms with Gasteiger partial charge >= 0.3 is 0 Å². The van der Waals surface area contributed by atoms with Crippen LogP contribution in [0, 0.1) is 17.5 Å². The van der Waals surface area contributed by atoms with Gasteiger partial charge in [-0.3, -0.25) is 4.79 Å². The third-order valence-corrected chi connectivity index (χ3v) is 2.68. The van der Waals surface area contributed by atoms with Gasteiger partial charge in [0.1, 0.15) is 11.6 Å². The number of benzene rings is 2. The van der Waals surface area contributed by atoms with E-state index in [1.54, 1.807) is 0 Å². The average Bonchev–Trinajstić information content (AvgIpc) is 2.45. The first-order chi connectivity index (χ1) is 9.95. The topological polar surface area (TPSA) is 38.3 Å². The van der Waals surface area contributed by atoms with Crippen molar-refractivity contribution in [3.05, 3.63) is 59.9 Å². The third kappa shape index (κ3) is 3.98. The second-order valence-corrected chi connectivity index (χ2v) is 4.33. The van der Waals surface area contributed by atoms with Gasteiger partial charge in [-0.2, -0.15) is 0 Å². The molecule has 110 valence electrons. The average molecular weight is 295 g/mol. The Bertz CT molecular complexity index is 644. The number of halogens is 3. The lowest BCUT2D eigenvalue weighted by Crippen LogP contribution is -2.30. The van der Waals surface area contributed by atoms with Gasteiger partial charge in [0.15, 0.2) is 17.7 Å². The number of ether oxygens (including phenoxy) is 1. The van der Waals surface area contributed by atoms with Crippen molar-refractivity contribution < 1.29 is 22.7 Å². The number of hydrogen-bond acceptors (Lipinski definition) is 2. The van der Waals surface area contributed by atoms with Crippen molar-refractivity contribution in [3.63, 3.8) is 0 Å². The van der Waals surface area contributed by atoms with Crippen LogP contribution in [0.4, 0.5) is 18.9 Å². The molecule has 0 radical (unpaired) electrons. The Hall–Kier alpha value is -2.50. The van der Waals surface area contributed by atoms with Crippen LogP contribution in [-0.2, 0) is 4.79 Å². The summed E-state index contributed by atoms with van der Waals surface area (Å²) in [5.41, 5.74) is 0.405. The predicted molar refractivity (Wildman–Crippen MR) is 71.5 cm³/mol. The second kappa shape index (κ2) is 6.30. The number of hydrogen-bond donors (Lipinski definition) is 1. The molecule has 1 amide bonds. The van der Waals surface area contributed by atoms with E-state index < -0.39 is 29.5 Å². The van der Waals surface area contributed by atoms with Gasteiger partial charge in [-0.15, -0.1) is 0 Å². The maximum Gasteiger partial charge on any atom is 0.265 e. The highest BCUT2D eigenvalue weighted by Crippen LogP contribution is 2.17. The third-order valence-electron chi connectivity index (χ3n) is 2.68. The predicted octanol–water partition coefficient (Wildman–Crippen LogP) is 3.51. The maximum atomic E-state index is 13.0. The molecule has 1 atom stereocenters. The summed E-state index contributed by atoms with van der Waals surface area (Å²) in [5, 5.41) is 2.52. The molecule has 0 saturated heterocycles. The normalized spacial score (nSPS) is 11.8. The first kappa shape index (κ1) is 14.9. The van der Waals surface area contributed by atoms with Crippen molar-refractivity contribution in [3.8, 4) is 5.75 Å². The van der Waals surface area contributed by atoms with Gasteiger partial charge in [0.05, 0.1) is 0 Å². The molecule has 0 bridgehead atoms. The lowest BCUT2D eigenvalue weighted by Gasteiger charge is -2.14. The quantitative estimate of drug-likeness (QED) is 0.937. The number of carbonyl (C=O) groups is 1. The van der Waals surface area contributed by atoms with Crippen molar-refractivity contribution in [2.24, 2.45) is 0 Å². The lowest BCUT2D eigenvalue weighted by molar-refractivity contribution is -0.122. The van der Waals surface area contributed by atoms with E-state index in [0.29, 0.717) is 5.69 Å². The minimum atomic E-state index is -1.06. The monoisotopic (exact) mass is 295 g/mol. The highest BCUT2D eigenvalue weighted by Gasteiger charge is 2.15. The van der Waals surface area contributed by atoms with E-state index in [0.717, 1.165) is 12.1 Å². The Labute approximate surface area is 119 Å². The van der Waals surface area contributed by atoms with E-state index in [4.69, 9.17) is 4.74 Å². The fourth-order valence-corrected chi connectivity index (χ4v) is 1.58. The van der Waals surface area contributed by atoms with Gasteiger partial charge in [0, 0.05) is 11.8 Å². The van der Waals surface area contributed by atoms with Crippen molar-refractivity contribution in [2.75, 3.05) is 5.32 Å². The van der Waals surface area contributed by atoms with Crippen molar-refractivity contribution in [1.82, 2.24) is 0 Å². The van der Waals surface area contributed by atoms with E-state index in [1.165, 1.54) is 37.3 Å². The van der Waals surface area contributed by atoms with Gasteiger partial charge in [-0.05, 0) is 43.3 Å². The van der Waals surface area contributed by atoms with Crippen LogP contribution in [-0.4, -0.2) is 12.0 Å². The summed E-state index contributed by atoms with van der Waals surface area (Å²) in [6, 6.07) is 8.20. The van der Waals surface area contributed by atoms with Crippen LogP contribution < -0.4 is 10.1 Å². The number of carbonyl (C=O) groups excluding carboxylic acids is 1. The molecule has 2 aromatic rings. The van der Waals surface area contributed by atoms with Crippen LogP contribution in [0.15, 0.2) is 42.5 Å². The van der Waals surface area contributed by atoms with Gasteiger partial charge in [-0.1, -0.05) is 0 Å². The molecule has 0 aliphatic rings. The van der Waals surface area contributed by atoms with Crippen molar-refractivity contribution in [2.45, 2.75) is 13.0 Å². The highest BCUT2D eigenvalue weighted by molar-refractivity contribution is 5.94. The first-order valence-electron chi connectivity index (χ1n) is 6.14. The molecular formula is C15H12F3NO2. The van der Waals surface area contributed by atoms with Gasteiger partial charge in [-0.25, -0.2) is 13.2 Å². The van der Waals surface area contributed by atoms with Crippen LogP contribution in [0.3, 0.4) is 0 Å². The molecular weight excluding hydrogens is 283 g/mol. The van der Waals surface area contributed by atoms with E-state index in [-0.39, 0.29) is 5.75 Å². The molecule has 2 aromatic carbocycles. The van der Waals surface area contributed by atoms with Crippen molar-refractivity contribution in [1.29, 1.82) is 0 Å². The molecule has 1 N–H and O–H groups in total. The molecule has 6 heteroatoms. The summed E-state index contributed by atoms with van der Waals surface area (Å²) in [4.78, 5) is 11.9. The van der Waals surface area contributed by atoms with Crippen LogP contribution in [0.1, 0.15) is 6.92 Å². The zero-order valence-electron chi connectivity index (χ0n) is 11.1. The zero-order chi connectivity index (χ0) is 15.4. The second-order valence-electron chi connectivity index (χ2n) is 4.33. The summed E-state index contributed by atoms with van der Waals surface area (Å²) in [7, 11) is 0. The minimum Gasteiger partial charge on any atom is -0.481 e. The zero-order valence-corrected chi connectivity index (χ0v) is 11.1. The Morgan fingerprint density at radius 1 is 1.05 bits per heavy atom. The Balaban J connectivity index is 1.98. The van der Waals surface area contributed by atoms with Gasteiger partial charge in [0.2, 0.25) is 0 Å². The SMILES string of the molecule is CC(Oc1ccc(F)c(F)c1)C(=O)Nc1ccc(F)cc1. The summed E-state index contributed by atoms with van der Waals surface area (Å²) in [6.07, 6.45) is -0.931. The first-order valence-corrected chi connectivity index (χ1v) is 6.14. The number of anilines is 1. The molecule has 0 aliphatic heterocycles. The largest absolute Gasteiger partial charge is 0.481 e. The summed E-state index contributed by atoms with van der Waals surface area (Å²) in [5.74, 6) is -2.93. The molecule has 0 heterocycles. The molecule has 0 saturated carbocycles. The number of amides is 1. The molecule has 0 spiro atoms. The Morgan fingerprint density at radius 2 is 1.71 bits per heavy atom. The van der Waals surface area contributed by atoms with Gasteiger partial charge in [0.25, 0.3) is 5.91 Å². The van der Waals surface area contributed by atoms with Crippen LogP contribution in [0.25, 0.3) is 0 Å². The standard InChI is InChI=1S/C15H12F3NO2/c1-9(21-12-6-7-13(17)14(18)8-12)15(20)19-11-4-2-10(16)3-5-11/h2-9H,1H3,(H,19,20). The smallest absolute Gasteiger partial charge is 0.265 e. The molecule has 3 nitrogen and oxygen atoms in total. The summed E-state index contributed by atoms with van der Waals surface area (Å²) < 4.78 is 43.8. The van der Waals surface area contributed by atoms with E-state index in [9.17, 15) is 18.0 Å². The number of nitrogens with one attached hydrogen (secondary N) is 1.